The number of methoxy groups -OCH3 is 1. The maximum atomic E-state index is 9.86. The Bertz CT molecular complexity index is 183. The van der Waals surface area contributed by atoms with Crippen LogP contribution in [0.2, 0.25) is 0 Å². The van der Waals surface area contributed by atoms with Gasteiger partial charge in [0.25, 0.3) is 0 Å². The smallest absolute Gasteiger partial charge is 0.235 e. The van der Waals surface area contributed by atoms with Crippen LogP contribution in [0, 0.1) is 5.92 Å². The highest BCUT2D eigenvalue weighted by Crippen LogP contribution is 2.41. The average Bonchev–Trinajstić information content (AvgIpc) is 2.82. The van der Waals surface area contributed by atoms with Crippen molar-refractivity contribution in [3.8, 4) is 0 Å². The number of carbonyl (C=O) groups excluding carboxylic acids is 1. The molecule has 3 nitrogen and oxygen atoms in total. The zero-order valence-electron chi connectivity index (χ0n) is 6.96. The van der Waals surface area contributed by atoms with Crippen LogP contribution in [0.5, 0.6) is 0 Å². The summed E-state index contributed by atoms with van der Waals surface area (Å²) in [6.07, 6.45) is 3.92. The number of rotatable bonds is 4. The van der Waals surface area contributed by atoms with Gasteiger partial charge in [-0.1, -0.05) is 0 Å². The topological polar surface area (TPSA) is 38.7 Å². The third-order valence-electron chi connectivity index (χ3n) is 2.36. The highest BCUT2D eigenvalue weighted by molar-refractivity contribution is 5.33. The number of aliphatic imine (C=N–C) groups is 1. The minimum atomic E-state index is -0.225. The molecule has 1 rings (SSSR count). The number of hydrogen-bond acceptors (Lipinski definition) is 3. The zero-order valence-corrected chi connectivity index (χ0v) is 6.96. The lowest BCUT2D eigenvalue weighted by atomic mass is 10.0. The molecule has 0 bridgehead atoms. The van der Waals surface area contributed by atoms with E-state index in [1.54, 1.807) is 7.11 Å². The van der Waals surface area contributed by atoms with E-state index in [1.165, 1.54) is 18.9 Å². The van der Waals surface area contributed by atoms with E-state index in [4.69, 9.17) is 4.74 Å². The van der Waals surface area contributed by atoms with Gasteiger partial charge in [-0.25, -0.2) is 9.79 Å². The van der Waals surface area contributed by atoms with Crippen LogP contribution >= 0.6 is 0 Å². The van der Waals surface area contributed by atoms with Gasteiger partial charge in [-0.3, -0.25) is 0 Å². The maximum Gasteiger partial charge on any atom is 0.235 e. The van der Waals surface area contributed by atoms with Gasteiger partial charge in [0.2, 0.25) is 6.08 Å². The molecular formula is C8H13NO2. The summed E-state index contributed by atoms with van der Waals surface area (Å²) in [5, 5.41) is 0. The van der Waals surface area contributed by atoms with Crippen molar-refractivity contribution in [3.05, 3.63) is 0 Å². The first-order valence-electron chi connectivity index (χ1n) is 3.82. The molecule has 0 N–H and O–H groups in total. The Morgan fingerprint density at radius 1 is 1.73 bits per heavy atom. The van der Waals surface area contributed by atoms with Gasteiger partial charge < -0.3 is 4.74 Å². The summed E-state index contributed by atoms with van der Waals surface area (Å²) in [6.45, 7) is 2.43. The third kappa shape index (κ3) is 1.88. The van der Waals surface area contributed by atoms with Crippen molar-refractivity contribution in [3.63, 3.8) is 0 Å². The van der Waals surface area contributed by atoms with Crippen LogP contribution in [0.4, 0.5) is 0 Å². The van der Waals surface area contributed by atoms with E-state index < -0.39 is 0 Å². The average molecular weight is 155 g/mol. The van der Waals surface area contributed by atoms with Gasteiger partial charge in [-0.05, 0) is 25.7 Å². The SMILES string of the molecule is COC(C)(CN=C=O)C1CC1. The van der Waals surface area contributed by atoms with E-state index in [9.17, 15) is 4.79 Å². The molecule has 1 aliphatic rings. The van der Waals surface area contributed by atoms with Crippen molar-refractivity contribution < 1.29 is 9.53 Å². The fourth-order valence-electron chi connectivity index (χ4n) is 1.24. The molecule has 3 heteroatoms. The summed E-state index contributed by atoms with van der Waals surface area (Å²) >= 11 is 0. The van der Waals surface area contributed by atoms with Crippen molar-refractivity contribution in [2.75, 3.05) is 13.7 Å². The van der Waals surface area contributed by atoms with Gasteiger partial charge in [-0.15, -0.1) is 0 Å². The lowest BCUT2D eigenvalue weighted by Gasteiger charge is -2.24. The van der Waals surface area contributed by atoms with Crippen molar-refractivity contribution in [1.82, 2.24) is 0 Å². The van der Waals surface area contributed by atoms with Crippen LogP contribution < -0.4 is 0 Å². The standard InChI is InChI=1S/C8H13NO2/c1-8(11-2,5-9-6-10)7-3-4-7/h7H,3-5H2,1-2H3. The van der Waals surface area contributed by atoms with Crippen LogP contribution in [0.1, 0.15) is 19.8 Å². The minimum absolute atomic E-state index is 0.225. The largest absolute Gasteiger partial charge is 0.376 e. The highest BCUT2D eigenvalue weighted by atomic mass is 16.5. The van der Waals surface area contributed by atoms with Crippen LogP contribution in [0.3, 0.4) is 0 Å². The van der Waals surface area contributed by atoms with Crippen molar-refractivity contribution in [2.24, 2.45) is 10.9 Å². The summed E-state index contributed by atoms with van der Waals surface area (Å²) in [6, 6.07) is 0. The highest BCUT2D eigenvalue weighted by Gasteiger charge is 2.41. The van der Waals surface area contributed by atoms with E-state index in [2.05, 4.69) is 4.99 Å². The number of nitrogens with zero attached hydrogens (tertiary/aromatic N) is 1. The molecule has 0 aliphatic heterocycles. The van der Waals surface area contributed by atoms with Gasteiger partial charge in [-0.2, -0.15) is 0 Å². The summed E-state index contributed by atoms with van der Waals surface area (Å²) < 4.78 is 5.29. The minimum Gasteiger partial charge on any atom is -0.376 e. The molecule has 0 spiro atoms. The Morgan fingerprint density at radius 2 is 2.36 bits per heavy atom. The molecule has 11 heavy (non-hydrogen) atoms. The second-order valence-electron chi connectivity index (χ2n) is 3.20. The molecule has 1 unspecified atom stereocenters. The second kappa shape index (κ2) is 3.16. The molecule has 0 aromatic heterocycles. The molecule has 0 heterocycles. The van der Waals surface area contributed by atoms with E-state index in [-0.39, 0.29) is 5.60 Å². The van der Waals surface area contributed by atoms with E-state index >= 15 is 0 Å². The summed E-state index contributed by atoms with van der Waals surface area (Å²) in [5.41, 5.74) is -0.225. The molecule has 1 saturated carbocycles. The Kier molecular flexibility index (Phi) is 2.42. The van der Waals surface area contributed by atoms with Gasteiger partial charge in [0.1, 0.15) is 0 Å². The fourth-order valence-corrected chi connectivity index (χ4v) is 1.24. The summed E-state index contributed by atoms with van der Waals surface area (Å²) in [5.74, 6) is 0.588. The van der Waals surface area contributed by atoms with E-state index in [1.807, 2.05) is 6.92 Å². The lowest BCUT2D eigenvalue weighted by Crippen LogP contribution is -2.33. The first kappa shape index (κ1) is 8.44. The number of ether oxygens (including phenoxy) is 1. The number of isocyanates is 1. The maximum absolute atomic E-state index is 9.86. The van der Waals surface area contributed by atoms with E-state index in [0.29, 0.717) is 12.5 Å². The van der Waals surface area contributed by atoms with Crippen LogP contribution in [-0.2, 0) is 9.53 Å². The van der Waals surface area contributed by atoms with Crippen LogP contribution in [0.15, 0.2) is 4.99 Å². The first-order valence-corrected chi connectivity index (χ1v) is 3.82. The second-order valence-corrected chi connectivity index (χ2v) is 3.20. The first-order chi connectivity index (χ1) is 5.23. The van der Waals surface area contributed by atoms with Crippen molar-refractivity contribution >= 4 is 6.08 Å². The Balaban J connectivity index is 2.50. The quantitative estimate of drug-likeness (QED) is 0.451. The molecule has 0 radical (unpaired) electrons. The van der Waals surface area contributed by atoms with Crippen molar-refractivity contribution in [2.45, 2.75) is 25.4 Å². The van der Waals surface area contributed by atoms with Crippen LogP contribution in [-0.4, -0.2) is 25.3 Å². The molecular weight excluding hydrogens is 142 g/mol. The van der Waals surface area contributed by atoms with Crippen LogP contribution in [0.25, 0.3) is 0 Å². The molecule has 1 atom stereocenters. The predicted octanol–water partition coefficient (Wildman–Crippen LogP) is 1.14. The number of hydrogen-bond donors (Lipinski definition) is 0. The van der Waals surface area contributed by atoms with Gasteiger partial charge in [0, 0.05) is 7.11 Å². The molecule has 0 aromatic rings. The van der Waals surface area contributed by atoms with E-state index in [0.717, 1.165) is 0 Å². The monoisotopic (exact) mass is 155 g/mol. The van der Waals surface area contributed by atoms with Gasteiger partial charge in [0.05, 0.1) is 12.1 Å². The molecule has 0 amide bonds. The predicted molar refractivity (Wildman–Crippen MR) is 41.1 cm³/mol. The van der Waals surface area contributed by atoms with Crippen molar-refractivity contribution in [1.29, 1.82) is 0 Å². The molecule has 0 aromatic carbocycles. The van der Waals surface area contributed by atoms with Gasteiger partial charge >= 0.3 is 0 Å². The molecule has 62 valence electrons. The fraction of sp³-hybridized carbons (Fsp3) is 0.875. The molecule has 1 fully saturated rings. The Morgan fingerprint density at radius 3 is 2.73 bits per heavy atom. The Hall–Kier alpha value is -0.660. The van der Waals surface area contributed by atoms with Gasteiger partial charge in [0.15, 0.2) is 0 Å². The molecule has 0 saturated heterocycles. The normalized spacial score (nSPS) is 22.0. The molecule has 1 aliphatic carbocycles. The Labute approximate surface area is 66.5 Å². The summed E-state index contributed by atoms with van der Waals surface area (Å²) in [4.78, 5) is 13.4. The zero-order chi connectivity index (χ0) is 8.32. The summed E-state index contributed by atoms with van der Waals surface area (Å²) in [7, 11) is 1.67. The third-order valence-corrected chi connectivity index (χ3v) is 2.36. The lowest BCUT2D eigenvalue weighted by molar-refractivity contribution is -0.00466.